The van der Waals surface area contributed by atoms with Crippen molar-refractivity contribution in [3.05, 3.63) is 50.7 Å². The number of hydrogen-bond donors (Lipinski definition) is 0. The van der Waals surface area contributed by atoms with E-state index in [4.69, 9.17) is 0 Å². The van der Waals surface area contributed by atoms with Gasteiger partial charge in [0.2, 0.25) is 0 Å². The van der Waals surface area contributed by atoms with E-state index in [1.54, 1.807) is 24.3 Å². The molecule has 7 nitrogen and oxygen atoms in total. The second-order valence-electron chi connectivity index (χ2n) is 5.13. The molecule has 0 saturated carbocycles. The first kappa shape index (κ1) is 16.9. The first-order valence-electron chi connectivity index (χ1n) is 7.00. The lowest BCUT2D eigenvalue weighted by atomic mass is 10.3. The molecule has 2 aromatic heterocycles. The molecule has 0 aliphatic carbocycles. The van der Waals surface area contributed by atoms with Crippen LogP contribution in [0.15, 0.2) is 44.0 Å². The van der Waals surface area contributed by atoms with E-state index < -0.39 is 17.8 Å². The van der Waals surface area contributed by atoms with Crippen LogP contribution in [0.2, 0.25) is 0 Å². The van der Waals surface area contributed by atoms with Crippen LogP contribution in [0.5, 0.6) is 0 Å². The number of halogens is 2. The second-order valence-corrected chi connectivity index (χ2v) is 6.09. The van der Waals surface area contributed by atoms with Crippen molar-refractivity contribution < 1.29 is 8.78 Å². The molecule has 0 fully saturated rings. The zero-order chi connectivity index (χ0) is 18.3. The zero-order valence-electron chi connectivity index (χ0n) is 13.1. The molecule has 3 aromatic rings. The average molecular weight is 363 g/mol. The minimum absolute atomic E-state index is 0.0344. The van der Waals surface area contributed by atoms with Crippen molar-refractivity contribution in [1.29, 1.82) is 5.26 Å². The number of hydrogen-bond acceptors (Lipinski definition) is 5. The van der Waals surface area contributed by atoms with Crippen molar-refractivity contribution in [2.24, 2.45) is 14.1 Å². The summed E-state index contributed by atoms with van der Waals surface area (Å²) in [6, 6.07) is 8.07. The lowest BCUT2D eigenvalue weighted by molar-refractivity contribution is 0.0656. The topological polar surface area (TPSA) is 85.6 Å². The molecule has 0 atom stereocenters. The molecular weight excluding hydrogens is 352 g/mol. The number of nitriles is 1. The molecule has 0 unspecified atom stereocenters. The first-order chi connectivity index (χ1) is 11.9. The number of para-hydroxylation sites is 2. The molecule has 3 rings (SSSR count). The predicted octanol–water partition coefficient (Wildman–Crippen LogP) is 1.85. The maximum Gasteiger partial charge on any atom is 0.331 e. The van der Waals surface area contributed by atoms with Gasteiger partial charge < -0.3 is 0 Å². The van der Waals surface area contributed by atoms with Gasteiger partial charge in [-0.05, 0) is 23.9 Å². The van der Waals surface area contributed by atoms with Crippen LogP contribution in [0.1, 0.15) is 12.1 Å². The molecule has 0 amide bonds. The van der Waals surface area contributed by atoms with Gasteiger partial charge in [0.25, 0.3) is 5.56 Å². The van der Waals surface area contributed by atoms with E-state index in [9.17, 15) is 23.6 Å². The third kappa shape index (κ3) is 2.62. The van der Waals surface area contributed by atoms with Crippen LogP contribution < -0.4 is 11.2 Å². The monoisotopic (exact) mass is 363 g/mol. The lowest BCUT2D eigenvalue weighted by Gasteiger charge is -2.12. The molecule has 1 aromatic carbocycles. The Morgan fingerprint density at radius 2 is 1.88 bits per heavy atom. The van der Waals surface area contributed by atoms with Crippen LogP contribution in [0.3, 0.4) is 0 Å². The highest BCUT2D eigenvalue weighted by molar-refractivity contribution is 7.99. The Morgan fingerprint density at radius 1 is 1.20 bits per heavy atom. The quantitative estimate of drug-likeness (QED) is 0.663. The summed E-state index contributed by atoms with van der Waals surface area (Å²) in [6.07, 6.45) is 0. The minimum Gasteiger partial charge on any atom is -0.289 e. The van der Waals surface area contributed by atoms with Crippen LogP contribution in [-0.2, 0) is 14.1 Å². The Bertz CT molecular complexity index is 1140. The van der Waals surface area contributed by atoms with Gasteiger partial charge in [0.1, 0.15) is 16.7 Å². The van der Waals surface area contributed by atoms with Crippen LogP contribution in [-0.4, -0.2) is 18.7 Å². The van der Waals surface area contributed by atoms with Gasteiger partial charge in [-0.15, -0.1) is 0 Å². The summed E-state index contributed by atoms with van der Waals surface area (Å²) in [6.45, 7) is -2.87. The van der Waals surface area contributed by atoms with Crippen molar-refractivity contribution in [2.45, 2.75) is 16.7 Å². The highest BCUT2D eigenvalue weighted by Gasteiger charge is 2.23. The first-order valence-corrected chi connectivity index (χ1v) is 7.81. The smallest absolute Gasteiger partial charge is 0.289 e. The fourth-order valence-corrected chi connectivity index (χ4v) is 3.45. The van der Waals surface area contributed by atoms with Crippen molar-refractivity contribution in [3.63, 3.8) is 0 Å². The van der Waals surface area contributed by atoms with Gasteiger partial charge in [0.15, 0.2) is 5.16 Å². The highest BCUT2D eigenvalue weighted by atomic mass is 32.2. The summed E-state index contributed by atoms with van der Waals surface area (Å²) in [5, 5.41) is 9.12. The summed E-state index contributed by atoms with van der Waals surface area (Å²) >= 11 is 0.682. The van der Waals surface area contributed by atoms with Crippen LogP contribution in [0.25, 0.3) is 11.0 Å². The molecule has 0 saturated heterocycles. The zero-order valence-corrected chi connectivity index (χ0v) is 13.9. The molecule has 25 heavy (non-hydrogen) atoms. The van der Waals surface area contributed by atoms with E-state index in [0.29, 0.717) is 21.8 Å². The molecule has 0 aliphatic heterocycles. The van der Waals surface area contributed by atoms with Crippen molar-refractivity contribution in [2.75, 3.05) is 0 Å². The SMILES string of the molecule is Cn1c(Sc2nc3ccccc3n2C(F)F)c(C#N)c(=O)n(C)c1=O. The normalized spacial score (nSPS) is 11.2. The number of imidazole rings is 1. The third-order valence-electron chi connectivity index (χ3n) is 3.67. The van der Waals surface area contributed by atoms with Gasteiger partial charge in [0.05, 0.1) is 11.0 Å². The van der Waals surface area contributed by atoms with E-state index >= 15 is 0 Å². The fourth-order valence-electron chi connectivity index (χ4n) is 2.41. The van der Waals surface area contributed by atoms with Gasteiger partial charge >= 0.3 is 12.2 Å². The van der Waals surface area contributed by atoms with Gasteiger partial charge in [0, 0.05) is 14.1 Å². The molecule has 0 spiro atoms. The van der Waals surface area contributed by atoms with Gasteiger partial charge in [-0.2, -0.15) is 14.0 Å². The van der Waals surface area contributed by atoms with Crippen molar-refractivity contribution >= 4 is 22.8 Å². The summed E-state index contributed by atoms with van der Waals surface area (Å²) in [4.78, 5) is 28.3. The Kier molecular flexibility index (Phi) is 4.18. The maximum absolute atomic E-state index is 13.5. The Labute approximate surface area is 143 Å². The van der Waals surface area contributed by atoms with E-state index in [1.165, 1.54) is 20.2 Å². The molecule has 0 aliphatic rings. The summed E-state index contributed by atoms with van der Waals surface area (Å²) < 4.78 is 29.6. The molecule has 10 heteroatoms. The summed E-state index contributed by atoms with van der Waals surface area (Å²) in [7, 11) is 2.61. The third-order valence-corrected chi connectivity index (χ3v) is 4.81. The average Bonchev–Trinajstić information content (AvgIpc) is 2.96. The predicted molar refractivity (Wildman–Crippen MR) is 86.7 cm³/mol. The van der Waals surface area contributed by atoms with E-state index in [0.717, 1.165) is 9.13 Å². The number of benzene rings is 1. The van der Waals surface area contributed by atoms with Gasteiger partial charge in [-0.25, -0.2) is 9.78 Å². The standard InChI is InChI=1S/C15H11F2N5O2S/c1-20-11(23)8(7-18)12(21(2)15(20)24)25-14-19-9-5-3-4-6-10(9)22(14)13(16)17/h3-6,13H,1-2H3. The number of nitrogens with zero attached hydrogens (tertiary/aromatic N) is 5. The molecule has 128 valence electrons. The van der Waals surface area contributed by atoms with Crippen molar-refractivity contribution in [3.8, 4) is 6.07 Å². The molecule has 0 radical (unpaired) electrons. The molecule has 0 N–H and O–H groups in total. The Balaban J connectivity index is 2.28. The number of rotatable bonds is 3. The largest absolute Gasteiger partial charge is 0.331 e. The number of aromatic nitrogens is 4. The molecule has 0 bridgehead atoms. The van der Waals surface area contributed by atoms with E-state index in [-0.39, 0.29) is 21.3 Å². The lowest BCUT2D eigenvalue weighted by Crippen LogP contribution is -2.39. The van der Waals surface area contributed by atoms with Gasteiger partial charge in [-0.3, -0.25) is 18.5 Å². The van der Waals surface area contributed by atoms with Crippen molar-refractivity contribution in [1.82, 2.24) is 18.7 Å². The van der Waals surface area contributed by atoms with E-state index in [2.05, 4.69) is 4.98 Å². The second kappa shape index (κ2) is 6.18. The Morgan fingerprint density at radius 3 is 2.52 bits per heavy atom. The number of fused-ring (bicyclic) bond motifs is 1. The summed E-state index contributed by atoms with van der Waals surface area (Å²) in [5.41, 5.74) is -1.19. The number of alkyl halides is 2. The fraction of sp³-hybridized carbons (Fsp3) is 0.200. The highest BCUT2D eigenvalue weighted by Crippen LogP contribution is 2.33. The molecular formula is C15H11F2N5O2S. The van der Waals surface area contributed by atoms with Gasteiger partial charge in [-0.1, -0.05) is 12.1 Å². The Hall–Kier alpha value is -2.93. The maximum atomic E-state index is 13.5. The summed E-state index contributed by atoms with van der Waals surface area (Å²) in [5.74, 6) is 0. The molecule has 2 heterocycles. The van der Waals surface area contributed by atoms with E-state index in [1.807, 2.05) is 0 Å². The van der Waals surface area contributed by atoms with Crippen LogP contribution in [0.4, 0.5) is 8.78 Å². The van der Waals surface area contributed by atoms with Crippen LogP contribution >= 0.6 is 11.8 Å². The minimum atomic E-state index is -2.87. The van der Waals surface area contributed by atoms with Crippen LogP contribution in [0, 0.1) is 11.3 Å².